The van der Waals surface area contributed by atoms with Crippen LogP contribution in [0.4, 0.5) is 6.01 Å². The van der Waals surface area contributed by atoms with Gasteiger partial charge < -0.3 is 9.15 Å². The van der Waals surface area contributed by atoms with E-state index in [4.69, 9.17) is 9.15 Å². The summed E-state index contributed by atoms with van der Waals surface area (Å²) in [6.45, 7) is 2.48. The summed E-state index contributed by atoms with van der Waals surface area (Å²) in [6, 6.07) is 14.3. The molecule has 0 radical (unpaired) electrons. The summed E-state index contributed by atoms with van der Waals surface area (Å²) < 4.78 is 11.7. The normalized spacial score (nSPS) is 10.4. The van der Waals surface area contributed by atoms with E-state index in [-0.39, 0.29) is 11.9 Å². The van der Waals surface area contributed by atoms with E-state index < -0.39 is 0 Å². The van der Waals surface area contributed by atoms with Crippen LogP contribution < -0.4 is 10.1 Å². The highest BCUT2D eigenvalue weighted by Gasteiger charge is 2.13. The topological polar surface area (TPSA) is 77.2 Å². The molecular formula is C17H14BrN3O3. The standard InChI is InChI=1S/C17H14BrN3O3/c1-2-23-14-8-6-11(7-9-14)15(22)19-17-21-20-16(24-17)12-4-3-5-13(18)10-12/h3-10H,2H2,1H3,(H,19,21,22). The zero-order valence-corrected chi connectivity index (χ0v) is 14.4. The number of ether oxygens (including phenoxy) is 1. The molecule has 0 saturated heterocycles. The molecule has 0 spiro atoms. The number of aromatic nitrogens is 2. The van der Waals surface area contributed by atoms with Crippen molar-refractivity contribution >= 4 is 27.9 Å². The molecule has 24 heavy (non-hydrogen) atoms. The Balaban J connectivity index is 1.71. The minimum Gasteiger partial charge on any atom is -0.494 e. The minimum absolute atomic E-state index is 0.0452. The van der Waals surface area contributed by atoms with Crippen LogP contribution >= 0.6 is 15.9 Å². The third-order valence-corrected chi connectivity index (χ3v) is 3.64. The van der Waals surface area contributed by atoms with E-state index in [0.29, 0.717) is 23.8 Å². The van der Waals surface area contributed by atoms with Crippen molar-refractivity contribution in [2.24, 2.45) is 0 Å². The van der Waals surface area contributed by atoms with Crippen LogP contribution in [0.5, 0.6) is 5.75 Å². The van der Waals surface area contributed by atoms with Crippen molar-refractivity contribution in [3.05, 3.63) is 58.6 Å². The van der Waals surface area contributed by atoms with Crippen molar-refractivity contribution in [1.82, 2.24) is 10.2 Å². The minimum atomic E-state index is -0.331. The number of rotatable bonds is 5. The molecule has 0 aliphatic heterocycles. The lowest BCUT2D eigenvalue weighted by Gasteiger charge is -2.04. The number of carbonyl (C=O) groups is 1. The molecule has 3 aromatic rings. The average molecular weight is 388 g/mol. The van der Waals surface area contributed by atoms with Crippen LogP contribution in [0.3, 0.4) is 0 Å². The van der Waals surface area contributed by atoms with E-state index in [1.165, 1.54) is 0 Å². The molecule has 3 rings (SSSR count). The van der Waals surface area contributed by atoms with E-state index in [0.717, 1.165) is 10.0 Å². The SMILES string of the molecule is CCOc1ccc(C(=O)Nc2nnc(-c3cccc(Br)c3)o2)cc1. The van der Waals surface area contributed by atoms with Gasteiger partial charge in [0.2, 0.25) is 5.89 Å². The monoisotopic (exact) mass is 387 g/mol. The van der Waals surface area contributed by atoms with Crippen LogP contribution in [-0.2, 0) is 0 Å². The molecule has 0 bridgehead atoms. The smallest absolute Gasteiger partial charge is 0.322 e. The van der Waals surface area contributed by atoms with Gasteiger partial charge in [0.05, 0.1) is 6.61 Å². The third-order valence-electron chi connectivity index (χ3n) is 3.14. The zero-order valence-electron chi connectivity index (χ0n) is 12.8. The summed E-state index contributed by atoms with van der Waals surface area (Å²) >= 11 is 3.38. The van der Waals surface area contributed by atoms with Gasteiger partial charge in [-0.3, -0.25) is 10.1 Å². The Morgan fingerprint density at radius 2 is 2.00 bits per heavy atom. The van der Waals surface area contributed by atoms with Crippen LogP contribution in [0.2, 0.25) is 0 Å². The Morgan fingerprint density at radius 3 is 2.71 bits per heavy atom. The van der Waals surface area contributed by atoms with Gasteiger partial charge in [0.1, 0.15) is 5.75 Å². The van der Waals surface area contributed by atoms with E-state index in [1.807, 2.05) is 31.2 Å². The Kier molecular flexibility index (Phi) is 4.90. The molecule has 1 amide bonds. The summed E-state index contributed by atoms with van der Waals surface area (Å²) in [4.78, 5) is 12.2. The summed E-state index contributed by atoms with van der Waals surface area (Å²) in [5.41, 5.74) is 1.24. The van der Waals surface area contributed by atoms with Crippen molar-refractivity contribution < 1.29 is 13.9 Å². The average Bonchev–Trinajstić information content (AvgIpc) is 3.04. The van der Waals surface area contributed by atoms with Gasteiger partial charge in [-0.1, -0.05) is 27.1 Å². The van der Waals surface area contributed by atoms with Crippen LogP contribution in [0, 0.1) is 0 Å². The molecule has 2 aromatic carbocycles. The maximum absolute atomic E-state index is 12.2. The number of nitrogens with zero attached hydrogens (tertiary/aromatic N) is 2. The van der Waals surface area contributed by atoms with Crippen LogP contribution in [-0.4, -0.2) is 22.7 Å². The van der Waals surface area contributed by atoms with Crippen molar-refractivity contribution in [3.8, 4) is 17.2 Å². The van der Waals surface area contributed by atoms with Crippen LogP contribution in [0.1, 0.15) is 17.3 Å². The quantitative estimate of drug-likeness (QED) is 0.711. The second kappa shape index (κ2) is 7.27. The first kappa shape index (κ1) is 16.2. The number of nitrogens with one attached hydrogen (secondary N) is 1. The number of halogens is 1. The molecule has 6 nitrogen and oxygen atoms in total. The summed E-state index contributed by atoms with van der Waals surface area (Å²) in [6.07, 6.45) is 0. The van der Waals surface area contributed by atoms with Gasteiger partial charge in [-0.25, -0.2) is 0 Å². The second-order valence-corrected chi connectivity index (χ2v) is 5.75. The molecule has 1 heterocycles. The Labute approximate surface area is 147 Å². The predicted octanol–water partition coefficient (Wildman–Crippen LogP) is 4.15. The van der Waals surface area contributed by atoms with Gasteiger partial charge in [-0.05, 0) is 49.4 Å². The molecule has 0 aliphatic rings. The fourth-order valence-corrected chi connectivity index (χ4v) is 2.45. The highest BCUT2D eigenvalue weighted by Crippen LogP contribution is 2.23. The van der Waals surface area contributed by atoms with Crippen molar-refractivity contribution in [3.63, 3.8) is 0 Å². The first-order chi connectivity index (χ1) is 11.7. The van der Waals surface area contributed by atoms with Gasteiger partial charge in [0, 0.05) is 15.6 Å². The summed E-state index contributed by atoms with van der Waals surface area (Å²) in [7, 11) is 0. The Bertz CT molecular complexity index is 846. The Hall–Kier alpha value is -2.67. The van der Waals surface area contributed by atoms with E-state index in [2.05, 4.69) is 31.4 Å². The maximum Gasteiger partial charge on any atom is 0.322 e. The largest absolute Gasteiger partial charge is 0.494 e. The first-order valence-corrected chi connectivity index (χ1v) is 8.08. The molecule has 0 saturated carbocycles. The molecule has 0 atom stereocenters. The molecule has 1 aromatic heterocycles. The molecule has 7 heteroatoms. The number of benzene rings is 2. The van der Waals surface area contributed by atoms with E-state index in [9.17, 15) is 4.79 Å². The fraction of sp³-hybridized carbons (Fsp3) is 0.118. The molecule has 0 fully saturated rings. The lowest BCUT2D eigenvalue weighted by Crippen LogP contribution is -2.12. The number of hydrogen-bond donors (Lipinski definition) is 1. The third kappa shape index (κ3) is 3.80. The van der Waals surface area contributed by atoms with Gasteiger partial charge in [-0.15, -0.1) is 5.10 Å². The van der Waals surface area contributed by atoms with Crippen molar-refractivity contribution in [2.45, 2.75) is 6.92 Å². The van der Waals surface area contributed by atoms with Crippen LogP contribution in [0.25, 0.3) is 11.5 Å². The molecular weight excluding hydrogens is 374 g/mol. The highest BCUT2D eigenvalue weighted by molar-refractivity contribution is 9.10. The van der Waals surface area contributed by atoms with E-state index >= 15 is 0 Å². The van der Waals surface area contributed by atoms with Crippen molar-refractivity contribution in [1.29, 1.82) is 0 Å². The van der Waals surface area contributed by atoms with E-state index in [1.54, 1.807) is 24.3 Å². The van der Waals surface area contributed by atoms with Gasteiger partial charge in [-0.2, -0.15) is 0 Å². The number of amides is 1. The van der Waals surface area contributed by atoms with Crippen molar-refractivity contribution in [2.75, 3.05) is 11.9 Å². The molecule has 122 valence electrons. The molecule has 0 aliphatic carbocycles. The number of carbonyl (C=O) groups excluding carboxylic acids is 1. The number of anilines is 1. The molecule has 1 N–H and O–H groups in total. The maximum atomic E-state index is 12.2. The zero-order chi connectivity index (χ0) is 16.9. The lowest BCUT2D eigenvalue weighted by molar-refractivity contribution is 0.102. The predicted molar refractivity (Wildman–Crippen MR) is 93.0 cm³/mol. The fourth-order valence-electron chi connectivity index (χ4n) is 2.05. The lowest BCUT2D eigenvalue weighted by atomic mass is 10.2. The van der Waals surface area contributed by atoms with Gasteiger partial charge in [0.25, 0.3) is 5.91 Å². The molecule has 0 unspecified atom stereocenters. The summed E-state index contributed by atoms with van der Waals surface area (Å²) in [5.74, 6) is 0.713. The number of hydrogen-bond acceptors (Lipinski definition) is 5. The van der Waals surface area contributed by atoms with Gasteiger partial charge >= 0.3 is 6.01 Å². The highest BCUT2D eigenvalue weighted by atomic mass is 79.9. The summed E-state index contributed by atoms with van der Waals surface area (Å²) in [5, 5.41) is 10.4. The second-order valence-electron chi connectivity index (χ2n) is 4.83. The Morgan fingerprint density at radius 1 is 1.21 bits per heavy atom. The van der Waals surface area contributed by atoms with Gasteiger partial charge in [0.15, 0.2) is 0 Å². The van der Waals surface area contributed by atoms with Crippen LogP contribution in [0.15, 0.2) is 57.4 Å². The first-order valence-electron chi connectivity index (χ1n) is 7.29.